The Balaban J connectivity index is 2.25. The Morgan fingerprint density at radius 3 is 2.57 bits per heavy atom. The summed E-state index contributed by atoms with van der Waals surface area (Å²) in [6.07, 6.45) is 0.0172. The number of hydrogen-bond donors (Lipinski definition) is 2. The van der Waals surface area contributed by atoms with Crippen LogP contribution in [0, 0.1) is 10.5 Å². The van der Waals surface area contributed by atoms with Gasteiger partial charge < -0.3 is 10.1 Å². The van der Waals surface area contributed by atoms with Crippen molar-refractivity contribution in [2.45, 2.75) is 13.3 Å². The second-order valence-electron chi connectivity index (χ2n) is 5.10. The van der Waals surface area contributed by atoms with Crippen molar-refractivity contribution in [1.82, 2.24) is 4.98 Å². The van der Waals surface area contributed by atoms with E-state index < -0.39 is 5.97 Å². The van der Waals surface area contributed by atoms with Crippen molar-refractivity contribution in [3.63, 3.8) is 0 Å². The van der Waals surface area contributed by atoms with E-state index in [1.807, 2.05) is 49.4 Å². The largest absolute Gasteiger partial charge is 0.481 e. The van der Waals surface area contributed by atoms with Crippen LogP contribution in [0.15, 0.2) is 42.5 Å². The third-order valence-electron chi connectivity index (χ3n) is 3.54. The average Bonchev–Trinajstić information content (AvgIpc) is 2.77. The number of carboxylic acids is 1. The fraction of sp³-hybridized carbons (Fsp3) is 0.118. The molecule has 21 heavy (non-hydrogen) atoms. The van der Waals surface area contributed by atoms with E-state index in [0.29, 0.717) is 0 Å². The van der Waals surface area contributed by atoms with E-state index in [1.165, 1.54) is 5.56 Å². The first-order chi connectivity index (χ1) is 10.0. The van der Waals surface area contributed by atoms with Gasteiger partial charge in [-0.3, -0.25) is 4.79 Å². The highest BCUT2D eigenvalue weighted by Gasteiger charge is 2.16. The third kappa shape index (κ3) is 2.81. The van der Waals surface area contributed by atoms with E-state index in [2.05, 4.69) is 27.6 Å². The van der Waals surface area contributed by atoms with E-state index in [0.717, 1.165) is 31.3 Å². The number of H-pyrrole nitrogens is 1. The number of carbonyl (C=O) groups is 1. The van der Waals surface area contributed by atoms with Crippen LogP contribution in [0.5, 0.6) is 0 Å². The number of rotatable bonds is 3. The second-order valence-corrected chi connectivity index (χ2v) is 6.35. The van der Waals surface area contributed by atoms with Gasteiger partial charge in [-0.05, 0) is 58.8 Å². The van der Waals surface area contributed by atoms with Crippen molar-refractivity contribution in [3.05, 3.63) is 57.2 Å². The van der Waals surface area contributed by atoms with E-state index >= 15 is 0 Å². The number of aryl methyl sites for hydroxylation is 1. The van der Waals surface area contributed by atoms with E-state index in [1.54, 1.807) is 0 Å². The predicted octanol–water partition coefficient (Wildman–Crippen LogP) is 4.38. The van der Waals surface area contributed by atoms with Gasteiger partial charge in [0.1, 0.15) is 0 Å². The van der Waals surface area contributed by atoms with Crippen LogP contribution in [-0.2, 0) is 11.2 Å². The Bertz CT molecular complexity index is 819. The van der Waals surface area contributed by atoms with Gasteiger partial charge in [0.2, 0.25) is 0 Å². The van der Waals surface area contributed by atoms with Crippen molar-refractivity contribution in [1.29, 1.82) is 0 Å². The van der Waals surface area contributed by atoms with Gasteiger partial charge in [0.15, 0.2) is 0 Å². The predicted molar refractivity (Wildman–Crippen MR) is 92.5 cm³/mol. The number of nitrogens with one attached hydrogen (secondary N) is 1. The smallest absolute Gasteiger partial charge is 0.307 e. The van der Waals surface area contributed by atoms with Gasteiger partial charge in [0, 0.05) is 14.5 Å². The van der Waals surface area contributed by atoms with Crippen molar-refractivity contribution >= 4 is 39.5 Å². The maximum Gasteiger partial charge on any atom is 0.307 e. The summed E-state index contributed by atoms with van der Waals surface area (Å²) < 4.78 is 1.10. The number of aromatic amines is 1. The number of halogens is 1. The molecule has 0 aliphatic heterocycles. The summed E-state index contributed by atoms with van der Waals surface area (Å²) in [5.41, 5.74) is 4.92. The van der Waals surface area contributed by atoms with Crippen molar-refractivity contribution < 1.29 is 9.90 Å². The number of carboxylic acid groups (broad SMARTS) is 1. The Labute approximate surface area is 136 Å². The Morgan fingerprint density at radius 2 is 1.90 bits per heavy atom. The molecular formula is C17H14INO2. The lowest BCUT2D eigenvalue weighted by Crippen LogP contribution is -2.01. The molecule has 3 aromatic rings. The second kappa shape index (κ2) is 5.52. The highest BCUT2D eigenvalue weighted by atomic mass is 127. The molecule has 0 aliphatic carbocycles. The van der Waals surface area contributed by atoms with Gasteiger partial charge in [0.25, 0.3) is 0 Å². The molecule has 0 atom stereocenters. The van der Waals surface area contributed by atoms with Crippen molar-refractivity contribution in [2.24, 2.45) is 0 Å². The Hall–Kier alpha value is -1.82. The van der Waals surface area contributed by atoms with Gasteiger partial charge in [-0.2, -0.15) is 0 Å². The lowest BCUT2D eigenvalue weighted by atomic mass is 10.0. The highest BCUT2D eigenvalue weighted by molar-refractivity contribution is 14.1. The zero-order valence-electron chi connectivity index (χ0n) is 11.5. The zero-order valence-corrected chi connectivity index (χ0v) is 13.6. The number of hydrogen-bond acceptors (Lipinski definition) is 1. The molecule has 0 aliphatic rings. The van der Waals surface area contributed by atoms with Crippen LogP contribution in [0.25, 0.3) is 22.2 Å². The minimum Gasteiger partial charge on any atom is -0.481 e. The summed E-state index contributed by atoms with van der Waals surface area (Å²) in [6, 6.07) is 14.2. The van der Waals surface area contributed by atoms with Gasteiger partial charge in [-0.15, -0.1) is 0 Å². The van der Waals surface area contributed by atoms with Crippen LogP contribution in [0.4, 0.5) is 0 Å². The molecule has 0 saturated heterocycles. The van der Waals surface area contributed by atoms with E-state index in [4.69, 9.17) is 0 Å². The molecule has 106 valence electrons. The molecule has 2 N–H and O–H groups in total. The summed E-state index contributed by atoms with van der Waals surface area (Å²) in [6.45, 7) is 2.04. The first kappa shape index (κ1) is 14.1. The van der Waals surface area contributed by atoms with E-state index in [-0.39, 0.29) is 6.42 Å². The summed E-state index contributed by atoms with van der Waals surface area (Å²) >= 11 is 2.25. The maximum atomic E-state index is 11.2. The quantitative estimate of drug-likeness (QED) is 0.652. The van der Waals surface area contributed by atoms with E-state index in [9.17, 15) is 9.90 Å². The van der Waals surface area contributed by atoms with Gasteiger partial charge >= 0.3 is 5.97 Å². The molecule has 0 fully saturated rings. The van der Waals surface area contributed by atoms with Crippen LogP contribution >= 0.6 is 22.6 Å². The fourth-order valence-electron chi connectivity index (χ4n) is 2.52. The van der Waals surface area contributed by atoms with Gasteiger partial charge in [-0.25, -0.2) is 0 Å². The Kier molecular flexibility index (Phi) is 3.71. The zero-order chi connectivity index (χ0) is 15.0. The SMILES string of the molecule is Cc1ccc(-c2[nH]c3ccc(I)cc3c2CC(=O)O)cc1. The lowest BCUT2D eigenvalue weighted by molar-refractivity contribution is -0.136. The molecular weight excluding hydrogens is 377 g/mol. The minimum absolute atomic E-state index is 0.0172. The standard InChI is InChI=1S/C17H14INO2/c1-10-2-4-11(5-3-10)17-14(9-16(20)21)13-8-12(18)6-7-15(13)19-17/h2-8,19H,9H2,1H3,(H,20,21). The molecule has 0 saturated carbocycles. The number of aromatic nitrogens is 1. The summed E-state index contributed by atoms with van der Waals surface area (Å²) in [4.78, 5) is 14.6. The van der Waals surface area contributed by atoms with Crippen molar-refractivity contribution in [3.8, 4) is 11.3 Å². The number of aliphatic carboxylic acids is 1. The molecule has 3 rings (SSSR count). The molecule has 0 unspecified atom stereocenters. The van der Waals surface area contributed by atoms with Crippen LogP contribution in [0.1, 0.15) is 11.1 Å². The van der Waals surface area contributed by atoms with Gasteiger partial charge in [0.05, 0.1) is 12.1 Å². The van der Waals surface area contributed by atoms with Gasteiger partial charge in [-0.1, -0.05) is 29.8 Å². The lowest BCUT2D eigenvalue weighted by Gasteiger charge is -2.03. The van der Waals surface area contributed by atoms with Crippen LogP contribution in [-0.4, -0.2) is 16.1 Å². The normalized spacial score (nSPS) is 11.0. The minimum atomic E-state index is -0.817. The van der Waals surface area contributed by atoms with Crippen LogP contribution in [0.2, 0.25) is 0 Å². The summed E-state index contributed by atoms with van der Waals surface area (Å²) in [5.74, 6) is -0.817. The molecule has 1 aromatic heterocycles. The Morgan fingerprint density at radius 1 is 1.19 bits per heavy atom. The van der Waals surface area contributed by atoms with Crippen LogP contribution in [0.3, 0.4) is 0 Å². The molecule has 1 heterocycles. The topological polar surface area (TPSA) is 53.1 Å². The first-order valence-corrected chi connectivity index (χ1v) is 7.71. The third-order valence-corrected chi connectivity index (χ3v) is 4.21. The van der Waals surface area contributed by atoms with Crippen molar-refractivity contribution in [2.75, 3.05) is 0 Å². The first-order valence-electron chi connectivity index (χ1n) is 6.63. The molecule has 0 amide bonds. The average molecular weight is 391 g/mol. The van der Waals surface area contributed by atoms with Crippen LogP contribution < -0.4 is 0 Å². The summed E-state index contributed by atoms with van der Waals surface area (Å²) in [7, 11) is 0. The highest BCUT2D eigenvalue weighted by Crippen LogP contribution is 2.32. The monoisotopic (exact) mass is 391 g/mol. The molecule has 0 bridgehead atoms. The number of benzene rings is 2. The summed E-state index contributed by atoms with van der Waals surface area (Å²) in [5, 5.41) is 10.2. The molecule has 4 heteroatoms. The molecule has 0 spiro atoms. The number of fused-ring (bicyclic) bond motifs is 1. The molecule has 2 aromatic carbocycles. The molecule has 0 radical (unpaired) electrons. The maximum absolute atomic E-state index is 11.2. The molecule has 3 nitrogen and oxygen atoms in total. The fourth-order valence-corrected chi connectivity index (χ4v) is 3.01.